The predicted molar refractivity (Wildman–Crippen MR) is 61.8 cm³/mol. The number of aliphatic carboxylic acids is 1. The van der Waals surface area contributed by atoms with Gasteiger partial charge in [-0.3, -0.25) is 9.79 Å². The normalized spacial score (nSPS) is 22.6. The van der Waals surface area contributed by atoms with Crippen molar-refractivity contribution in [3.8, 4) is 0 Å². The molecule has 0 spiro atoms. The zero-order valence-corrected chi connectivity index (χ0v) is 11.1. The van der Waals surface area contributed by atoms with Crippen molar-refractivity contribution in [1.82, 2.24) is 0 Å². The van der Waals surface area contributed by atoms with E-state index in [1.165, 1.54) is 13.8 Å². The summed E-state index contributed by atoms with van der Waals surface area (Å²) in [7, 11) is 2.25. The minimum atomic E-state index is -1.55. The van der Waals surface area contributed by atoms with Gasteiger partial charge in [-0.05, 0) is 13.8 Å². The molecule has 0 aromatic rings. The van der Waals surface area contributed by atoms with Gasteiger partial charge in [0.15, 0.2) is 0 Å². The van der Waals surface area contributed by atoms with Crippen LogP contribution < -0.4 is 5.11 Å². The maximum atomic E-state index is 11.7. The first-order valence-electron chi connectivity index (χ1n) is 5.48. The average molecular weight is 268 g/mol. The summed E-state index contributed by atoms with van der Waals surface area (Å²) in [5.74, 6) is -5.84. The Bertz CT molecular complexity index is 490. The molecule has 19 heavy (non-hydrogen) atoms. The van der Waals surface area contributed by atoms with Crippen LogP contribution in [0.25, 0.3) is 0 Å². The van der Waals surface area contributed by atoms with Crippen LogP contribution in [-0.2, 0) is 23.9 Å². The molecular weight excluding hydrogens is 254 g/mol. The highest BCUT2D eigenvalue weighted by atomic mass is 16.5. The smallest absolute Gasteiger partial charge is 0.336 e. The Hall–Kier alpha value is -2.18. The summed E-state index contributed by atoms with van der Waals surface area (Å²) in [5.41, 5.74) is 0.258. The fourth-order valence-corrected chi connectivity index (χ4v) is 2.10. The summed E-state index contributed by atoms with van der Waals surface area (Å²) in [4.78, 5) is 38.7. The zero-order valence-electron chi connectivity index (χ0n) is 11.1. The second-order valence-electron chi connectivity index (χ2n) is 4.04. The quantitative estimate of drug-likeness (QED) is 0.612. The van der Waals surface area contributed by atoms with Crippen molar-refractivity contribution in [2.45, 2.75) is 13.8 Å². The highest BCUT2D eigenvalue weighted by molar-refractivity contribution is 6.09. The number of carbonyl (C=O) groups is 3. The lowest BCUT2D eigenvalue weighted by Gasteiger charge is -2.31. The number of carbonyl (C=O) groups excluding carboxylic acids is 3. The molecule has 0 aromatic carbocycles. The van der Waals surface area contributed by atoms with Crippen molar-refractivity contribution in [3.05, 3.63) is 11.3 Å². The standard InChI is InChI=1S/C12H15NO6/c1-5-7(11(16)18-3)9(10(14)15)8(6(2)13-5)12(17)19-4/h7,9H,1-4H3,(H,14,15)/p-1/t7?,9-/m0/s1. The number of hydrogen-bond donors (Lipinski definition) is 0. The van der Waals surface area contributed by atoms with Crippen LogP contribution in [0.2, 0.25) is 0 Å². The van der Waals surface area contributed by atoms with Crippen LogP contribution in [0.3, 0.4) is 0 Å². The molecule has 7 heteroatoms. The summed E-state index contributed by atoms with van der Waals surface area (Å²) in [5, 5.41) is 11.3. The summed E-state index contributed by atoms with van der Waals surface area (Å²) in [6.07, 6.45) is 0. The SMILES string of the molecule is COC(=O)C1=C(C)N=C(C)C(C(=O)OC)[C@@H]1C(=O)[O-]. The highest BCUT2D eigenvalue weighted by Crippen LogP contribution is 2.32. The van der Waals surface area contributed by atoms with Gasteiger partial charge in [0.1, 0.15) is 5.92 Å². The van der Waals surface area contributed by atoms with Gasteiger partial charge in [0.05, 0.1) is 31.7 Å². The molecule has 0 radical (unpaired) electrons. The highest BCUT2D eigenvalue weighted by Gasteiger charge is 2.41. The number of carboxylic acid groups (broad SMARTS) is 1. The van der Waals surface area contributed by atoms with Gasteiger partial charge in [-0.15, -0.1) is 0 Å². The predicted octanol–water partition coefficient (Wildman–Crippen LogP) is -0.937. The molecule has 2 atom stereocenters. The van der Waals surface area contributed by atoms with Crippen LogP contribution in [0.5, 0.6) is 0 Å². The van der Waals surface area contributed by atoms with Crippen molar-refractivity contribution >= 4 is 23.6 Å². The van der Waals surface area contributed by atoms with Gasteiger partial charge < -0.3 is 19.4 Å². The molecule has 0 saturated heterocycles. The summed E-state index contributed by atoms with van der Waals surface area (Å²) in [6.45, 7) is 2.97. The molecule has 1 unspecified atom stereocenters. The van der Waals surface area contributed by atoms with E-state index in [-0.39, 0.29) is 17.0 Å². The van der Waals surface area contributed by atoms with E-state index < -0.39 is 29.7 Å². The van der Waals surface area contributed by atoms with Crippen molar-refractivity contribution in [2.24, 2.45) is 16.8 Å². The van der Waals surface area contributed by atoms with Crippen LogP contribution in [0.15, 0.2) is 16.3 Å². The molecular formula is C12H14NO6-. The third-order valence-electron chi connectivity index (χ3n) is 2.94. The van der Waals surface area contributed by atoms with Crippen LogP contribution in [0, 0.1) is 11.8 Å². The van der Waals surface area contributed by atoms with Crippen molar-refractivity contribution < 1.29 is 29.0 Å². The summed E-state index contributed by atoms with van der Waals surface area (Å²) >= 11 is 0. The first-order valence-corrected chi connectivity index (χ1v) is 5.48. The number of aliphatic imine (C=N–C) groups is 1. The molecule has 1 heterocycles. The lowest BCUT2D eigenvalue weighted by Crippen LogP contribution is -2.46. The first kappa shape index (κ1) is 14.9. The lowest BCUT2D eigenvalue weighted by molar-refractivity contribution is -0.311. The van der Waals surface area contributed by atoms with E-state index in [1.54, 1.807) is 0 Å². The number of methoxy groups -OCH3 is 2. The summed E-state index contributed by atoms with van der Waals surface area (Å²) in [6, 6.07) is 0. The van der Waals surface area contributed by atoms with Crippen molar-refractivity contribution in [2.75, 3.05) is 14.2 Å². The number of nitrogens with zero attached hydrogens (tertiary/aromatic N) is 1. The van der Waals surface area contributed by atoms with Crippen LogP contribution in [-0.4, -0.2) is 37.8 Å². The van der Waals surface area contributed by atoms with E-state index in [0.29, 0.717) is 0 Å². The molecule has 0 aromatic heterocycles. The minimum absolute atomic E-state index is 0.191. The van der Waals surface area contributed by atoms with Gasteiger partial charge in [-0.2, -0.15) is 0 Å². The Labute approximate surface area is 109 Å². The van der Waals surface area contributed by atoms with E-state index >= 15 is 0 Å². The van der Waals surface area contributed by atoms with E-state index in [9.17, 15) is 19.5 Å². The summed E-state index contributed by atoms with van der Waals surface area (Å²) < 4.78 is 9.08. The van der Waals surface area contributed by atoms with E-state index in [1.807, 2.05) is 0 Å². The zero-order chi connectivity index (χ0) is 14.7. The first-order chi connectivity index (χ1) is 8.84. The van der Waals surface area contributed by atoms with Crippen molar-refractivity contribution in [1.29, 1.82) is 0 Å². The second-order valence-corrected chi connectivity index (χ2v) is 4.04. The number of allylic oxidation sites excluding steroid dienone is 1. The monoisotopic (exact) mass is 268 g/mol. The maximum Gasteiger partial charge on any atom is 0.336 e. The lowest BCUT2D eigenvalue weighted by atomic mass is 9.80. The van der Waals surface area contributed by atoms with Gasteiger partial charge in [0.25, 0.3) is 0 Å². The molecule has 0 bridgehead atoms. The van der Waals surface area contributed by atoms with Crippen LogP contribution >= 0.6 is 0 Å². The molecule has 104 valence electrons. The number of rotatable bonds is 3. The molecule has 0 fully saturated rings. The number of carboxylic acids is 1. The van der Waals surface area contributed by atoms with Crippen LogP contribution in [0.4, 0.5) is 0 Å². The largest absolute Gasteiger partial charge is 0.549 e. The van der Waals surface area contributed by atoms with Gasteiger partial charge in [0.2, 0.25) is 0 Å². The molecule has 0 saturated carbocycles. The molecule has 1 aliphatic heterocycles. The fraction of sp³-hybridized carbons (Fsp3) is 0.500. The van der Waals surface area contributed by atoms with E-state index in [2.05, 4.69) is 14.5 Å². The Balaban J connectivity index is 3.41. The number of ether oxygens (including phenoxy) is 2. The van der Waals surface area contributed by atoms with E-state index in [4.69, 9.17) is 0 Å². The molecule has 1 aliphatic rings. The third-order valence-corrected chi connectivity index (χ3v) is 2.94. The third kappa shape index (κ3) is 2.64. The minimum Gasteiger partial charge on any atom is -0.549 e. The Morgan fingerprint density at radius 2 is 1.68 bits per heavy atom. The molecule has 1 rings (SSSR count). The average Bonchev–Trinajstić information content (AvgIpc) is 2.36. The number of hydrogen-bond acceptors (Lipinski definition) is 7. The van der Waals surface area contributed by atoms with Crippen LogP contribution in [0.1, 0.15) is 13.8 Å². The van der Waals surface area contributed by atoms with Gasteiger partial charge in [-0.1, -0.05) is 0 Å². The van der Waals surface area contributed by atoms with Gasteiger partial charge in [-0.25, -0.2) is 4.79 Å². The Morgan fingerprint density at radius 3 is 2.11 bits per heavy atom. The van der Waals surface area contributed by atoms with Gasteiger partial charge >= 0.3 is 11.9 Å². The Kier molecular flexibility index (Phi) is 4.42. The molecule has 7 nitrogen and oxygen atoms in total. The molecule has 0 aliphatic carbocycles. The van der Waals surface area contributed by atoms with Gasteiger partial charge in [0, 0.05) is 11.4 Å². The fourth-order valence-electron chi connectivity index (χ4n) is 2.10. The molecule has 0 amide bonds. The second kappa shape index (κ2) is 5.64. The van der Waals surface area contributed by atoms with Crippen molar-refractivity contribution in [3.63, 3.8) is 0 Å². The van der Waals surface area contributed by atoms with E-state index in [0.717, 1.165) is 14.2 Å². The molecule has 0 N–H and O–H groups in total. The number of esters is 2. The maximum absolute atomic E-state index is 11.7. The topological polar surface area (TPSA) is 105 Å². The Morgan fingerprint density at radius 1 is 1.11 bits per heavy atom.